The van der Waals surface area contributed by atoms with E-state index in [-0.39, 0.29) is 36.4 Å². The molecule has 1 aromatic carbocycles. The van der Waals surface area contributed by atoms with Gasteiger partial charge in [-0.25, -0.2) is 4.99 Å². The number of hydrogen-bond donors (Lipinski definition) is 2. The Bertz CT molecular complexity index is 757. The lowest BCUT2D eigenvalue weighted by molar-refractivity contribution is -0.127. The van der Waals surface area contributed by atoms with Gasteiger partial charge in [-0.15, -0.1) is 24.0 Å². The molecule has 2 N–H and O–H groups in total. The van der Waals surface area contributed by atoms with Gasteiger partial charge in [0.1, 0.15) is 0 Å². The van der Waals surface area contributed by atoms with E-state index >= 15 is 0 Å². The molecule has 0 saturated heterocycles. The summed E-state index contributed by atoms with van der Waals surface area (Å²) in [6.07, 6.45) is 2.07. The van der Waals surface area contributed by atoms with Crippen molar-refractivity contribution >= 4 is 35.8 Å². The number of guanidine groups is 1. The molecule has 0 fully saturated rings. The van der Waals surface area contributed by atoms with E-state index in [0.717, 1.165) is 29.9 Å². The summed E-state index contributed by atoms with van der Waals surface area (Å²) in [5.41, 5.74) is 2.08. The van der Waals surface area contributed by atoms with Gasteiger partial charge in [-0.2, -0.15) is 0 Å². The molecule has 7 nitrogen and oxygen atoms in total. The van der Waals surface area contributed by atoms with Crippen molar-refractivity contribution in [2.24, 2.45) is 4.99 Å². The summed E-state index contributed by atoms with van der Waals surface area (Å²) < 4.78 is 5.46. The third-order valence-corrected chi connectivity index (χ3v) is 4.58. The number of benzene rings is 1. The van der Waals surface area contributed by atoms with E-state index < -0.39 is 0 Å². The number of aliphatic imine (C=N–C) groups is 1. The molecule has 0 atom stereocenters. The first kappa shape index (κ1) is 24.9. The number of hydrogen-bond acceptors (Lipinski definition) is 4. The summed E-state index contributed by atoms with van der Waals surface area (Å²) in [5.74, 6) is 1.69. The summed E-state index contributed by atoms with van der Waals surface area (Å²) in [6.45, 7) is 5.44. The van der Waals surface area contributed by atoms with Crippen LogP contribution in [0.25, 0.3) is 0 Å². The molecule has 160 valence electrons. The van der Waals surface area contributed by atoms with Crippen LogP contribution in [0.3, 0.4) is 0 Å². The fraction of sp³-hybridized carbons (Fsp3) is 0.476. The van der Waals surface area contributed by atoms with E-state index in [4.69, 9.17) is 4.52 Å². The highest BCUT2D eigenvalue weighted by atomic mass is 127. The molecule has 1 amide bonds. The van der Waals surface area contributed by atoms with Crippen LogP contribution >= 0.6 is 24.0 Å². The van der Waals surface area contributed by atoms with Crippen LogP contribution in [0.4, 0.5) is 0 Å². The van der Waals surface area contributed by atoms with Gasteiger partial charge in [0, 0.05) is 26.1 Å². The first-order valence-electron chi connectivity index (χ1n) is 9.75. The smallest absolute Gasteiger partial charge is 0.241 e. The number of nitrogens with zero attached hydrogens (tertiary/aromatic N) is 3. The minimum absolute atomic E-state index is 0. The van der Waals surface area contributed by atoms with Crippen LogP contribution in [-0.4, -0.2) is 42.6 Å². The number of rotatable bonds is 9. The van der Waals surface area contributed by atoms with Gasteiger partial charge in [-0.1, -0.05) is 49.3 Å². The van der Waals surface area contributed by atoms with E-state index in [0.29, 0.717) is 25.0 Å². The van der Waals surface area contributed by atoms with Crippen LogP contribution in [0.2, 0.25) is 0 Å². The number of nitrogens with one attached hydrogen (secondary N) is 2. The minimum atomic E-state index is -0.0232. The van der Waals surface area contributed by atoms with Crippen molar-refractivity contribution in [1.29, 1.82) is 0 Å². The molecule has 0 aliphatic rings. The van der Waals surface area contributed by atoms with Gasteiger partial charge in [-0.05, 0) is 18.4 Å². The third-order valence-electron chi connectivity index (χ3n) is 4.58. The molecule has 0 unspecified atom stereocenters. The standard InChI is InChI=1S/C21H31N5O2.HI/c1-5-17(6-2)19-12-18(28-25-19)14-23-21(24-15-20(27)26(3)4)22-13-16-10-8-7-9-11-16;/h7-12,17H,5-6,13-15H2,1-4H3,(H2,22,23,24);1H. The van der Waals surface area contributed by atoms with Crippen molar-refractivity contribution in [1.82, 2.24) is 20.7 Å². The number of aromatic nitrogens is 1. The number of amides is 1. The molecule has 1 heterocycles. The largest absolute Gasteiger partial charge is 0.359 e. The molecule has 0 radical (unpaired) electrons. The highest BCUT2D eigenvalue weighted by Crippen LogP contribution is 2.22. The Balaban J connectivity index is 0.00000420. The number of halogens is 1. The minimum Gasteiger partial charge on any atom is -0.359 e. The van der Waals surface area contributed by atoms with Gasteiger partial charge in [0.05, 0.1) is 25.3 Å². The lowest BCUT2D eigenvalue weighted by Gasteiger charge is -2.14. The molecule has 29 heavy (non-hydrogen) atoms. The zero-order valence-corrected chi connectivity index (χ0v) is 20.0. The monoisotopic (exact) mass is 513 g/mol. The summed E-state index contributed by atoms with van der Waals surface area (Å²) in [5, 5.41) is 10.5. The van der Waals surface area contributed by atoms with Gasteiger partial charge in [0.25, 0.3) is 0 Å². The summed E-state index contributed by atoms with van der Waals surface area (Å²) in [7, 11) is 3.46. The molecule has 0 aliphatic carbocycles. The Labute approximate surface area is 190 Å². The molecular formula is C21H32IN5O2. The Morgan fingerprint density at radius 3 is 2.48 bits per heavy atom. The van der Waals surface area contributed by atoms with Crippen LogP contribution < -0.4 is 10.6 Å². The predicted octanol–water partition coefficient (Wildman–Crippen LogP) is 3.52. The fourth-order valence-electron chi connectivity index (χ4n) is 2.73. The van der Waals surface area contributed by atoms with Crippen LogP contribution in [0.1, 0.15) is 49.6 Å². The quantitative estimate of drug-likeness (QED) is 0.305. The van der Waals surface area contributed by atoms with Crippen molar-refractivity contribution in [3.05, 3.63) is 53.4 Å². The van der Waals surface area contributed by atoms with Gasteiger partial charge >= 0.3 is 0 Å². The Hall–Kier alpha value is -2.10. The second-order valence-electron chi connectivity index (χ2n) is 6.88. The summed E-state index contributed by atoms with van der Waals surface area (Å²) >= 11 is 0. The molecule has 2 aromatic rings. The van der Waals surface area contributed by atoms with Gasteiger partial charge in [-0.3, -0.25) is 4.79 Å². The number of carbonyl (C=O) groups is 1. The van der Waals surface area contributed by atoms with Crippen molar-refractivity contribution in [2.45, 2.75) is 45.7 Å². The second kappa shape index (κ2) is 13.2. The maximum atomic E-state index is 11.9. The van der Waals surface area contributed by atoms with Gasteiger partial charge < -0.3 is 20.1 Å². The van der Waals surface area contributed by atoms with Crippen LogP contribution in [-0.2, 0) is 17.9 Å². The first-order valence-corrected chi connectivity index (χ1v) is 9.75. The molecular weight excluding hydrogens is 481 g/mol. The topological polar surface area (TPSA) is 82.8 Å². The lowest BCUT2D eigenvalue weighted by atomic mass is 9.99. The maximum absolute atomic E-state index is 11.9. The second-order valence-corrected chi connectivity index (χ2v) is 6.88. The molecule has 8 heteroatoms. The van der Waals surface area contributed by atoms with E-state index in [1.807, 2.05) is 36.4 Å². The fourth-order valence-corrected chi connectivity index (χ4v) is 2.73. The maximum Gasteiger partial charge on any atom is 0.241 e. The Morgan fingerprint density at radius 2 is 1.86 bits per heavy atom. The Kier molecular flexibility index (Phi) is 11.3. The molecule has 2 rings (SSSR count). The molecule has 0 bridgehead atoms. The average Bonchev–Trinajstić information content (AvgIpc) is 3.17. The van der Waals surface area contributed by atoms with Crippen LogP contribution in [0.15, 0.2) is 45.9 Å². The van der Waals surface area contributed by atoms with E-state index in [1.165, 1.54) is 0 Å². The van der Waals surface area contributed by atoms with Gasteiger partial charge in [0.15, 0.2) is 11.7 Å². The normalized spacial score (nSPS) is 11.1. The zero-order valence-electron chi connectivity index (χ0n) is 17.6. The highest BCUT2D eigenvalue weighted by Gasteiger charge is 2.13. The van der Waals surface area contributed by atoms with Crippen molar-refractivity contribution in [3.63, 3.8) is 0 Å². The zero-order chi connectivity index (χ0) is 20.4. The summed E-state index contributed by atoms with van der Waals surface area (Å²) in [4.78, 5) is 18.0. The van der Waals surface area contributed by atoms with E-state index in [9.17, 15) is 4.79 Å². The lowest BCUT2D eigenvalue weighted by Crippen LogP contribution is -2.42. The first-order chi connectivity index (χ1) is 13.5. The number of likely N-dealkylation sites (N-methyl/N-ethyl adjacent to an activating group) is 1. The molecule has 0 aliphatic heterocycles. The van der Waals surface area contributed by atoms with Crippen molar-refractivity contribution < 1.29 is 9.32 Å². The Morgan fingerprint density at radius 1 is 1.17 bits per heavy atom. The van der Waals surface area contributed by atoms with Gasteiger partial charge in [0.2, 0.25) is 5.91 Å². The predicted molar refractivity (Wildman–Crippen MR) is 126 cm³/mol. The third kappa shape index (κ3) is 8.43. The van der Waals surface area contributed by atoms with Crippen LogP contribution in [0.5, 0.6) is 0 Å². The van der Waals surface area contributed by atoms with Crippen molar-refractivity contribution in [2.75, 3.05) is 20.6 Å². The average molecular weight is 513 g/mol. The van der Waals surface area contributed by atoms with E-state index in [2.05, 4.69) is 34.6 Å². The van der Waals surface area contributed by atoms with Crippen molar-refractivity contribution in [3.8, 4) is 0 Å². The molecule has 0 spiro atoms. The molecule has 0 saturated carbocycles. The highest BCUT2D eigenvalue weighted by molar-refractivity contribution is 14.0. The number of carbonyl (C=O) groups excluding carboxylic acids is 1. The summed E-state index contributed by atoms with van der Waals surface area (Å²) in [6, 6.07) is 12.0. The van der Waals surface area contributed by atoms with Crippen LogP contribution in [0, 0.1) is 0 Å². The SMILES string of the molecule is CCC(CC)c1cc(CNC(=NCc2ccccc2)NCC(=O)N(C)C)on1.I. The molecule has 1 aromatic heterocycles. The van der Waals surface area contributed by atoms with E-state index in [1.54, 1.807) is 19.0 Å².